The third-order valence-corrected chi connectivity index (χ3v) is 21.4. The Morgan fingerprint density at radius 1 is 0.460 bits per heavy atom. The molecular weight excluding hydrogens is 633 g/mol. The van der Waals surface area contributed by atoms with Gasteiger partial charge in [0.1, 0.15) is 0 Å². The van der Waals surface area contributed by atoms with Gasteiger partial charge in [0.2, 0.25) is 0 Å². The SMILES string of the molecule is C=C(C)[Si](C#Cc1c(C)c(C)c(C#C[Si](C(=C)C)(C(=C)C)C(C)C)c2cc3cc4cc5cc(C)c(C)cc5cc4cc3cc12)(C(=C)C)C(C)C. The molecule has 5 rings (SSSR count). The van der Waals surface area contributed by atoms with Crippen molar-refractivity contribution in [3.8, 4) is 22.9 Å². The standard InChI is InChI=1S/C48H54Si2/c1-29(2)49(30(3)4,31(5)6)19-17-45-37(15)38(16)46(18-20-50(32(7)8,33(9)10)34(11)12)48-28-44-26-42-24-40-22-36(14)35(13)21-39(40)23-41(42)25-43(44)27-47(45)48/h21-28,31,34H,1,3,7,9H2,2,4-6,8,10-16H3. The van der Waals surface area contributed by atoms with Crippen molar-refractivity contribution in [2.45, 2.75) is 94.2 Å². The minimum absolute atomic E-state index is 0.371. The summed E-state index contributed by atoms with van der Waals surface area (Å²) in [5.74, 6) is 7.59. The summed E-state index contributed by atoms with van der Waals surface area (Å²) in [7, 11) is -4.69. The Labute approximate surface area is 304 Å². The quantitative estimate of drug-likeness (QED) is 0.0947. The summed E-state index contributed by atoms with van der Waals surface area (Å²) < 4.78 is 0. The summed E-state index contributed by atoms with van der Waals surface area (Å²) in [6.45, 7) is 44.3. The Bertz CT molecular complexity index is 2240. The minimum atomic E-state index is -2.35. The summed E-state index contributed by atoms with van der Waals surface area (Å²) in [4.78, 5) is 0. The van der Waals surface area contributed by atoms with E-state index in [4.69, 9.17) is 0 Å². The predicted molar refractivity (Wildman–Crippen MR) is 230 cm³/mol. The first-order chi connectivity index (χ1) is 23.4. The molecule has 254 valence electrons. The van der Waals surface area contributed by atoms with Crippen molar-refractivity contribution in [2.24, 2.45) is 0 Å². The highest BCUT2D eigenvalue weighted by molar-refractivity contribution is 7.00. The summed E-state index contributed by atoms with van der Waals surface area (Å²) in [5, 5.41) is 14.4. The van der Waals surface area contributed by atoms with Gasteiger partial charge in [0.05, 0.1) is 0 Å². The summed E-state index contributed by atoms with van der Waals surface area (Å²) in [5.41, 5.74) is 15.7. The fourth-order valence-corrected chi connectivity index (χ4v) is 15.8. The second-order valence-electron chi connectivity index (χ2n) is 15.6. The average molecular weight is 687 g/mol. The molecule has 0 nitrogen and oxygen atoms in total. The zero-order chi connectivity index (χ0) is 37.0. The van der Waals surface area contributed by atoms with Gasteiger partial charge in [0, 0.05) is 11.1 Å². The molecule has 0 N–H and O–H groups in total. The van der Waals surface area contributed by atoms with E-state index >= 15 is 0 Å². The second kappa shape index (κ2) is 13.4. The number of hydrogen-bond acceptors (Lipinski definition) is 0. The van der Waals surface area contributed by atoms with Crippen LogP contribution in [-0.2, 0) is 0 Å². The van der Waals surface area contributed by atoms with Crippen molar-refractivity contribution in [1.82, 2.24) is 0 Å². The number of benzene rings is 5. The van der Waals surface area contributed by atoms with Gasteiger partial charge in [0.25, 0.3) is 0 Å². The highest BCUT2D eigenvalue weighted by Gasteiger charge is 2.38. The second-order valence-corrected chi connectivity index (χ2v) is 25.1. The number of rotatable bonds is 6. The molecule has 0 radical (unpaired) electrons. The number of fused-ring (bicyclic) bond motifs is 4. The molecule has 0 spiro atoms. The number of hydrogen-bond donors (Lipinski definition) is 0. The van der Waals surface area contributed by atoms with Gasteiger partial charge in [-0.05, 0) is 168 Å². The minimum Gasteiger partial charge on any atom is -0.115 e. The van der Waals surface area contributed by atoms with Gasteiger partial charge in [-0.15, -0.1) is 37.4 Å². The van der Waals surface area contributed by atoms with E-state index in [0.29, 0.717) is 11.1 Å². The van der Waals surface area contributed by atoms with Crippen molar-refractivity contribution in [3.63, 3.8) is 0 Å². The van der Waals surface area contributed by atoms with Gasteiger partial charge in [-0.2, -0.15) is 0 Å². The Hall–Kier alpha value is -4.35. The molecule has 50 heavy (non-hydrogen) atoms. The van der Waals surface area contributed by atoms with E-state index in [9.17, 15) is 0 Å². The van der Waals surface area contributed by atoms with Crippen LogP contribution in [0.25, 0.3) is 43.1 Å². The van der Waals surface area contributed by atoms with E-state index in [1.165, 1.54) is 54.6 Å². The lowest BCUT2D eigenvalue weighted by Crippen LogP contribution is -2.40. The van der Waals surface area contributed by atoms with Crippen LogP contribution in [0.1, 0.15) is 88.8 Å². The molecule has 0 aromatic heterocycles. The first-order valence-electron chi connectivity index (χ1n) is 17.9. The van der Waals surface area contributed by atoms with Crippen LogP contribution in [0.2, 0.25) is 11.1 Å². The van der Waals surface area contributed by atoms with Crippen molar-refractivity contribution in [2.75, 3.05) is 0 Å². The van der Waals surface area contributed by atoms with Crippen molar-refractivity contribution >= 4 is 59.2 Å². The van der Waals surface area contributed by atoms with Crippen LogP contribution >= 0.6 is 0 Å². The first kappa shape index (κ1) is 36.9. The molecule has 0 aliphatic carbocycles. The molecule has 0 amide bonds. The molecule has 2 heteroatoms. The van der Waals surface area contributed by atoms with Gasteiger partial charge in [-0.1, -0.05) is 72.5 Å². The van der Waals surface area contributed by atoms with Gasteiger partial charge in [0.15, 0.2) is 16.1 Å². The van der Waals surface area contributed by atoms with Crippen LogP contribution in [-0.4, -0.2) is 16.1 Å². The van der Waals surface area contributed by atoms with Crippen LogP contribution in [0.4, 0.5) is 0 Å². The number of aryl methyl sites for hydroxylation is 2. The third-order valence-electron chi connectivity index (χ3n) is 11.5. The largest absolute Gasteiger partial charge is 0.192 e. The maximum Gasteiger partial charge on any atom is 0.192 e. The summed E-state index contributed by atoms with van der Waals surface area (Å²) in [6, 6.07) is 18.7. The van der Waals surface area contributed by atoms with E-state index < -0.39 is 16.1 Å². The molecule has 0 atom stereocenters. The number of allylic oxidation sites excluding steroid dienone is 4. The molecule has 0 aliphatic heterocycles. The van der Waals surface area contributed by atoms with Gasteiger partial charge in [-0.25, -0.2) is 0 Å². The fourth-order valence-electron chi connectivity index (χ4n) is 8.33. The Kier molecular flexibility index (Phi) is 9.90. The monoisotopic (exact) mass is 686 g/mol. The zero-order valence-electron chi connectivity index (χ0n) is 32.6. The van der Waals surface area contributed by atoms with Crippen molar-refractivity contribution < 1.29 is 0 Å². The Morgan fingerprint density at radius 3 is 0.980 bits per heavy atom. The van der Waals surface area contributed by atoms with Gasteiger partial charge < -0.3 is 0 Å². The highest BCUT2D eigenvalue weighted by Crippen LogP contribution is 2.38. The molecule has 0 unspecified atom stereocenters. The molecule has 0 heterocycles. The molecule has 0 saturated heterocycles. The first-order valence-corrected chi connectivity index (χ1v) is 22.1. The molecule has 5 aromatic carbocycles. The van der Waals surface area contributed by atoms with E-state index in [0.717, 1.165) is 42.7 Å². The maximum absolute atomic E-state index is 4.46. The molecular formula is C48H54Si2. The molecule has 0 fully saturated rings. The van der Waals surface area contributed by atoms with E-state index in [1.54, 1.807) is 0 Å². The van der Waals surface area contributed by atoms with Gasteiger partial charge in [-0.3, -0.25) is 0 Å². The average Bonchev–Trinajstić information content (AvgIpc) is 3.01. The lowest BCUT2D eigenvalue weighted by Gasteiger charge is -2.31. The fraction of sp³-hybridized carbons (Fsp3) is 0.292. The van der Waals surface area contributed by atoms with E-state index in [1.807, 2.05) is 0 Å². The topological polar surface area (TPSA) is 0 Å². The van der Waals surface area contributed by atoms with Crippen molar-refractivity contribution in [3.05, 3.63) is 129 Å². The lowest BCUT2D eigenvalue weighted by atomic mass is 9.88. The molecule has 0 bridgehead atoms. The lowest BCUT2D eigenvalue weighted by molar-refractivity contribution is 1.02. The highest BCUT2D eigenvalue weighted by atomic mass is 28.3. The van der Waals surface area contributed by atoms with Crippen LogP contribution in [0.15, 0.2) is 95.6 Å². The van der Waals surface area contributed by atoms with Crippen LogP contribution in [0.3, 0.4) is 0 Å². The van der Waals surface area contributed by atoms with Crippen LogP contribution < -0.4 is 0 Å². The van der Waals surface area contributed by atoms with Gasteiger partial charge >= 0.3 is 0 Å². The maximum atomic E-state index is 4.46. The smallest absolute Gasteiger partial charge is 0.115 e. The molecule has 0 saturated carbocycles. The normalized spacial score (nSPS) is 12.0. The van der Waals surface area contributed by atoms with Crippen molar-refractivity contribution in [1.29, 1.82) is 0 Å². The summed E-state index contributed by atoms with van der Waals surface area (Å²) in [6.07, 6.45) is 0. The van der Waals surface area contributed by atoms with Crippen LogP contribution in [0.5, 0.6) is 0 Å². The molecule has 0 aliphatic rings. The Morgan fingerprint density at radius 2 is 0.720 bits per heavy atom. The van der Waals surface area contributed by atoms with E-state index in [2.05, 4.69) is 181 Å². The Balaban J connectivity index is 1.94. The summed E-state index contributed by atoms with van der Waals surface area (Å²) >= 11 is 0. The zero-order valence-corrected chi connectivity index (χ0v) is 34.6. The predicted octanol–water partition coefficient (Wildman–Crippen LogP) is 13.5. The van der Waals surface area contributed by atoms with E-state index in [-0.39, 0.29) is 0 Å². The molecule has 5 aromatic rings. The third kappa shape index (κ3) is 5.94. The van der Waals surface area contributed by atoms with Crippen LogP contribution in [0, 0.1) is 50.6 Å².